The fourth-order valence-electron chi connectivity index (χ4n) is 1.27. The number of hydrogen-bond donors (Lipinski definition) is 0. The number of nitriles is 1. The molecular formula is C11H10ClNO. The van der Waals surface area contributed by atoms with Crippen molar-refractivity contribution in [2.24, 2.45) is 5.92 Å². The second-order valence-electron chi connectivity index (χ2n) is 3.21. The highest BCUT2D eigenvalue weighted by atomic mass is 35.5. The molecule has 0 aliphatic heterocycles. The molecule has 1 fully saturated rings. The van der Waals surface area contributed by atoms with Crippen LogP contribution in [0.1, 0.15) is 12.8 Å². The molecule has 0 N–H and O–H groups in total. The molecule has 0 bridgehead atoms. The quantitative estimate of drug-likeness (QED) is 0.528. The second-order valence-corrected chi connectivity index (χ2v) is 3.59. The van der Waals surface area contributed by atoms with Crippen LogP contribution in [0, 0.1) is 17.2 Å². The summed E-state index contributed by atoms with van der Waals surface area (Å²) < 4.78 is 0. The summed E-state index contributed by atoms with van der Waals surface area (Å²) in [5, 5.41) is 9.03. The zero-order chi connectivity index (χ0) is 10.7. The van der Waals surface area contributed by atoms with E-state index in [1.165, 1.54) is 6.08 Å². The predicted octanol–water partition coefficient (Wildman–Crippen LogP) is 2.72. The SMILES string of the molecule is C=C/C(C#N)=C(/Cl)C(=C)C1CC(=O)C1. The van der Waals surface area contributed by atoms with Gasteiger partial charge in [0.05, 0.1) is 10.6 Å². The van der Waals surface area contributed by atoms with Crippen molar-refractivity contribution in [2.75, 3.05) is 0 Å². The molecule has 2 nitrogen and oxygen atoms in total. The fourth-order valence-corrected chi connectivity index (χ4v) is 1.55. The lowest BCUT2D eigenvalue weighted by atomic mass is 9.78. The first-order valence-corrected chi connectivity index (χ1v) is 4.61. The van der Waals surface area contributed by atoms with Crippen LogP contribution in [0.4, 0.5) is 0 Å². The van der Waals surface area contributed by atoms with Gasteiger partial charge in [-0.25, -0.2) is 0 Å². The number of Topliss-reactive ketones (excluding diaryl/α,β-unsaturated/α-hetero) is 1. The van der Waals surface area contributed by atoms with E-state index in [0.717, 1.165) is 0 Å². The van der Waals surface area contributed by atoms with Crippen LogP contribution < -0.4 is 0 Å². The molecule has 0 aromatic heterocycles. The number of carbonyl (C=O) groups is 1. The Bertz CT molecular complexity index is 365. The topological polar surface area (TPSA) is 40.9 Å². The summed E-state index contributed by atoms with van der Waals surface area (Å²) >= 11 is 5.93. The summed E-state index contributed by atoms with van der Waals surface area (Å²) in [4.78, 5) is 10.8. The summed E-state index contributed by atoms with van der Waals surface area (Å²) in [7, 11) is 0. The molecule has 3 heteroatoms. The third-order valence-electron chi connectivity index (χ3n) is 2.28. The molecular weight excluding hydrogens is 198 g/mol. The summed E-state index contributed by atoms with van der Waals surface area (Å²) in [6.07, 6.45) is 2.38. The van der Waals surface area contributed by atoms with E-state index in [4.69, 9.17) is 16.9 Å². The third kappa shape index (κ3) is 1.94. The Morgan fingerprint density at radius 2 is 2.21 bits per heavy atom. The van der Waals surface area contributed by atoms with Crippen LogP contribution in [0.2, 0.25) is 0 Å². The van der Waals surface area contributed by atoms with Crippen molar-refractivity contribution in [1.29, 1.82) is 5.26 Å². The Labute approximate surface area is 88.2 Å². The maximum atomic E-state index is 10.8. The van der Waals surface area contributed by atoms with Gasteiger partial charge in [-0.05, 0) is 11.5 Å². The maximum absolute atomic E-state index is 10.8. The molecule has 0 radical (unpaired) electrons. The van der Waals surface area contributed by atoms with Gasteiger partial charge in [0, 0.05) is 12.8 Å². The first-order valence-electron chi connectivity index (χ1n) is 4.23. The van der Waals surface area contributed by atoms with E-state index in [2.05, 4.69) is 13.2 Å². The van der Waals surface area contributed by atoms with Crippen LogP contribution in [0.3, 0.4) is 0 Å². The minimum atomic E-state index is 0.110. The normalized spacial score (nSPS) is 17.9. The lowest BCUT2D eigenvalue weighted by Gasteiger charge is -2.26. The number of carbonyl (C=O) groups excluding carboxylic acids is 1. The molecule has 0 saturated heterocycles. The van der Waals surface area contributed by atoms with Gasteiger partial charge in [0.1, 0.15) is 11.9 Å². The first-order chi connectivity index (χ1) is 6.60. The Morgan fingerprint density at radius 3 is 2.57 bits per heavy atom. The van der Waals surface area contributed by atoms with E-state index in [9.17, 15) is 4.79 Å². The van der Waals surface area contributed by atoms with E-state index in [0.29, 0.717) is 29.0 Å². The van der Waals surface area contributed by atoms with Crippen molar-refractivity contribution in [3.8, 4) is 6.07 Å². The molecule has 1 rings (SSSR count). The van der Waals surface area contributed by atoms with Crippen molar-refractivity contribution >= 4 is 17.4 Å². The number of hydrogen-bond acceptors (Lipinski definition) is 2. The van der Waals surface area contributed by atoms with Gasteiger partial charge in [-0.15, -0.1) is 0 Å². The summed E-state index contributed by atoms with van der Waals surface area (Å²) in [6.45, 7) is 7.27. The molecule has 1 saturated carbocycles. The molecule has 14 heavy (non-hydrogen) atoms. The van der Waals surface area contributed by atoms with Gasteiger partial charge < -0.3 is 0 Å². The number of allylic oxidation sites excluding steroid dienone is 4. The lowest BCUT2D eigenvalue weighted by Crippen LogP contribution is -2.24. The van der Waals surface area contributed by atoms with Crippen molar-refractivity contribution in [3.63, 3.8) is 0 Å². The molecule has 72 valence electrons. The number of halogens is 1. The number of ketones is 1. The Hall–Kier alpha value is -1.33. The van der Waals surface area contributed by atoms with Crippen LogP contribution in [-0.4, -0.2) is 5.78 Å². The van der Waals surface area contributed by atoms with E-state index < -0.39 is 0 Å². The zero-order valence-corrected chi connectivity index (χ0v) is 8.47. The minimum absolute atomic E-state index is 0.110. The van der Waals surface area contributed by atoms with E-state index >= 15 is 0 Å². The number of nitrogens with zero attached hydrogens (tertiary/aromatic N) is 1. The van der Waals surface area contributed by atoms with Crippen LogP contribution in [-0.2, 0) is 4.79 Å². The van der Waals surface area contributed by atoms with Gasteiger partial charge in [0.25, 0.3) is 0 Å². The summed E-state index contributed by atoms with van der Waals surface area (Å²) in [5.41, 5.74) is 0.985. The van der Waals surface area contributed by atoms with Crippen molar-refractivity contribution in [1.82, 2.24) is 0 Å². The van der Waals surface area contributed by atoms with Gasteiger partial charge in [0.15, 0.2) is 0 Å². The van der Waals surface area contributed by atoms with Crippen molar-refractivity contribution < 1.29 is 4.79 Å². The zero-order valence-electron chi connectivity index (χ0n) is 7.72. The Morgan fingerprint density at radius 1 is 1.64 bits per heavy atom. The van der Waals surface area contributed by atoms with Crippen molar-refractivity contribution in [3.05, 3.63) is 35.4 Å². The van der Waals surface area contributed by atoms with Gasteiger partial charge in [-0.3, -0.25) is 4.79 Å². The average molecular weight is 208 g/mol. The molecule has 0 spiro atoms. The highest BCUT2D eigenvalue weighted by molar-refractivity contribution is 6.33. The fraction of sp³-hybridized carbons (Fsp3) is 0.273. The third-order valence-corrected chi connectivity index (χ3v) is 2.73. The van der Waals surface area contributed by atoms with Crippen LogP contribution in [0.25, 0.3) is 0 Å². The summed E-state index contributed by atoms with van der Waals surface area (Å²) in [5.74, 6) is 0.330. The highest BCUT2D eigenvalue weighted by Gasteiger charge is 2.30. The first kappa shape index (κ1) is 10.7. The van der Waals surface area contributed by atoms with Crippen LogP contribution >= 0.6 is 11.6 Å². The molecule has 1 aliphatic carbocycles. The molecule has 0 unspecified atom stereocenters. The molecule has 0 aromatic carbocycles. The maximum Gasteiger partial charge on any atom is 0.134 e. The Balaban J connectivity index is 2.80. The lowest BCUT2D eigenvalue weighted by molar-refractivity contribution is -0.125. The van der Waals surface area contributed by atoms with Gasteiger partial charge in [-0.1, -0.05) is 30.8 Å². The predicted molar refractivity (Wildman–Crippen MR) is 55.6 cm³/mol. The largest absolute Gasteiger partial charge is 0.300 e. The highest BCUT2D eigenvalue weighted by Crippen LogP contribution is 2.35. The molecule has 0 aromatic rings. The molecule has 0 amide bonds. The average Bonchev–Trinajstić information content (AvgIpc) is 2.13. The van der Waals surface area contributed by atoms with Crippen LogP contribution in [0.15, 0.2) is 35.4 Å². The molecule has 0 atom stereocenters. The van der Waals surface area contributed by atoms with E-state index in [1.54, 1.807) is 0 Å². The summed E-state index contributed by atoms with van der Waals surface area (Å²) in [6, 6.07) is 1.93. The minimum Gasteiger partial charge on any atom is -0.300 e. The monoisotopic (exact) mass is 207 g/mol. The number of rotatable bonds is 3. The molecule has 0 heterocycles. The van der Waals surface area contributed by atoms with Gasteiger partial charge in [0.2, 0.25) is 0 Å². The smallest absolute Gasteiger partial charge is 0.134 e. The van der Waals surface area contributed by atoms with Crippen molar-refractivity contribution in [2.45, 2.75) is 12.8 Å². The van der Waals surface area contributed by atoms with Crippen LogP contribution in [0.5, 0.6) is 0 Å². The van der Waals surface area contributed by atoms with E-state index in [1.807, 2.05) is 6.07 Å². The van der Waals surface area contributed by atoms with E-state index in [-0.39, 0.29) is 11.7 Å². The van der Waals surface area contributed by atoms with Gasteiger partial charge in [-0.2, -0.15) is 5.26 Å². The molecule has 1 aliphatic rings. The Kier molecular flexibility index (Phi) is 3.27. The second kappa shape index (κ2) is 4.26. The standard InChI is InChI=1S/C11H10ClNO/c1-3-8(6-13)11(12)7(2)9-4-10(14)5-9/h3,9H,1-2,4-5H2/b11-8-. The van der Waals surface area contributed by atoms with Gasteiger partial charge >= 0.3 is 0 Å².